The molecule has 0 spiro atoms. The lowest BCUT2D eigenvalue weighted by Crippen LogP contribution is -2.02. The van der Waals surface area contributed by atoms with Crippen LogP contribution in [-0.4, -0.2) is 0 Å². The maximum Gasteiger partial charge on any atom is 0.191 e. The fourth-order valence-corrected chi connectivity index (χ4v) is 4.46. The lowest BCUT2D eigenvalue weighted by Gasteiger charge is -2.25. The molecule has 0 unspecified atom stereocenters. The highest BCUT2D eigenvalue weighted by molar-refractivity contribution is 9.11. The predicted octanol–water partition coefficient (Wildman–Crippen LogP) is 7.94. The third-order valence-electron chi connectivity index (χ3n) is 2.58. The summed E-state index contributed by atoms with van der Waals surface area (Å²) in [7, 11) is 0. The molecule has 0 atom stereocenters. The van der Waals surface area contributed by atoms with Gasteiger partial charge in [-0.05, 0) is 75.9 Å². The van der Waals surface area contributed by atoms with E-state index >= 15 is 0 Å². The van der Waals surface area contributed by atoms with Gasteiger partial charge in [0.2, 0.25) is 0 Å². The van der Waals surface area contributed by atoms with Crippen LogP contribution < -0.4 is 9.47 Å². The van der Waals surface area contributed by atoms with Crippen LogP contribution in [-0.2, 0) is 0 Å². The van der Waals surface area contributed by atoms with E-state index in [1.165, 1.54) is 0 Å². The minimum absolute atomic E-state index is 0.410. The zero-order valence-corrected chi connectivity index (χ0v) is 17.1. The molecule has 1 aliphatic rings. The summed E-state index contributed by atoms with van der Waals surface area (Å²) in [4.78, 5) is 0. The molecule has 0 radical (unpaired) electrons. The molecule has 0 bridgehead atoms. The van der Waals surface area contributed by atoms with E-state index < -0.39 is 0 Å². The molecule has 1 aliphatic heterocycles. The minimum atomic E-state index is 0.410. The summed E-state index contributed by atoms with van der Waals surface area (Å²) >= 11 is 26.1. The number of hydrogen-bond acceptors (Lipinski definition) is 2. The van der Waals surface area contributed by atoms with Crippen LogP contribution in [0.1, 0.15) is 0 Å². The summed E-state index contributed by atoms with van der Waals surface area (Å²) < 4.78 is 14.6. The highest BCUT2D eigenvalue weighted by Crippen LogP contribution is 2.58. The summed E-state index contributed by atoms with van der Waals surface area (Å²) in [5.74, 6) is 1.83. The molecule has 0 aromatic heterocycles. The van der Waals surface area contributed by atoms with Gasteiger partial charge in [-0.25, -0.2) is 0 Å². The lowest BCUT2D eigenvalue weighted by atomic mass is 10.2. The van der Waals surface area contributed by atoms with Gasteiger partial charge in [0.05, 0.1) is 8.95 Å². The van der Waals surface area contributed by atoms with Gasteiger partial charge in [0, 0.05) is 8.95 Å². The van der Waals surface area contributed by atoms with Gasteiger partial charge in [-0.2, -0.15) is 0 Å². The van der Waals surface area contributed by atoms with Gasteiger partial charge >= 0.3 is 0 Å². The molecule has 104 valence electrons. The van der Waals surface area contributed by atoms with E-state index in [4.69, 9.17) is 32.7 Å². The van der Waals surface area contributed by atoms with Gasteiger partial charge in [0.25, 0.3) is 0 Å². The van der Waals surface area contributed by atoms with Crippen LogP contribution in [0, 0.1) is 0 Å². The Labute approximate surface area is 158 Å². The summed E-state index contributed by atoms with van der Waals surface area (Å²) in [6.45, 7) is 0. The van der Waals surface area contributed by atoms with Crippen molar-refractivity contribution in [3.63, 3.8) is 0 Å². The molecule has 2 aromatic rings. The van der Waals surface area contributed by atoms with Gasteiger partial charge in [0.15, 0.2) is 23.0 Å². The molecular formula is C12H2Br4Cl2O2. The topological polar surface area (TPSA) is 18.5 Å². The Balaban J connectivity index is 2.27. The molecule has 1 heterocycles. The highest BCUT2D eigenvalue weighted by atomic mass is 79.9. The number of benzene rings is 2. The van der Waals surface area contributed by atoms with E-state index in [0.29, 0.717) is 42.0 Å². The smallest absolute Gasteiger partial charge is 0.191 e. The van der Waals surface area contributed by atoms with Crippen LogP contribution in [0.5, 0.6) is 23.0 Å². The van der Waals surface area contributed by atoms with Crippen LogP contribution in [0.15, 0.2) is 30.0 Å². The highest BCUT2D eigenvalue weighted by Gasteiger charge is 2.30. The standard InChI is InChI=1S/C12H2Br4Cl2O2/c13-3-1-5(15)9-11(7(3)17)20-12-8(18)4(14)2-6(16)10(12)19-9/h1-2H. The van der Waals surface area contributed by atoms with E-state index in [9.17, 15) is 0 Å². The minimum Gasteiger partial charge on any atom is -0.447 e. The summed E-state index contributed by atoms with van der Waals surface area (Å²) in [5, 5.41) is 0.835. The van der Waals surface area contributed by atoms with Crippen LogP contribution >= 0.6 is 86.9 Å². The molecule has 0 fully saturated rings. The van der Waals surface area contributed by atoms with Gasteiger partial charge in [-0.3, -0.25) is 0 Å². The van der Waals surface area contributed by atoms with Crippen molar-refractivity contribution in [1.82, 2.24) is 0 Å². The first-order valence-electron chi connectivity index (χ1n) is 5.11. The Hall–Kier alpha value is 0.540. The number of fused-ring (bicyclic) bond motifs is 2. The monoisotopic (exact) mass is 564 g/mol. The summed E-state index contributed by atoms with van der Waals surface area (Å²) in [5.41, 5.74) is 0. The van der Waals surface area contributed by atoms with Crippen molar-refractivity contribution in [3.05, 3.63) is 40.1 Å². The largest absolute Gasteiger partial charge is 0.447 e. The third-order valence-corrected chi connectivity index (χ3v) is 6.22. The second-order valence-corrected chi connectivity index (χ2v) is 8.00. The van der Waals surface area contributed by atoms with E-state index in [2.05, 4.69) is 63.7 Å². The Morgan fingerprint density at radius 2 is 0.950 bits per heavy atom. The summed E-state index contributed by atoms with van der Waals surface area (Å²) in [6, 6.07) is 3.59. The van der Waals surface area contributed by atoms with E-state index in [1.807, 2.05) is 0 Å². The average molecular weight is 569 g/mol. The zero-order valence-electron chi connectivity index (χ0n) is 9.24. The van der Waals surface area contributed by atoms with Crippen molar-refractivity contribution in [2.24, 2.45) is 0 Å². The van der Waals surface area contributed by atoms with Crippen molar-refractivity contribution in [1.29, 1.82) is 0 Å². The zero-order chi connectivity index (χ0) is 14.6. The van der Waals surface area contributed by atoms with E-state index in [0.717, 1.165) is 8.95 Å². The maximum atomic E-state index is 6.24. The molecule has 0 saturated carbocycles. The first-order chi connectivity index (χ1) is 9.40. The van der Waals surface area contributed by atoms with Crippen molar-refractivity contribution in [3.8, 4) is 23.0 Å². The molecule has 2 nitrogen and oxygen atoms in total. The Bertz CT molecular complexity index is 688. The SMILES string of the molecule is Clc1c(Br)cc(Br)c2c1Oc1c(Cl)c(Br)cc(Br)c1O2. The maximum absolute atomic E-state index is 6.24. The second kappa shape index (κ2) is 5.63. The molecule has 0 aliphatic carbocycles. The van der Waals surface area contributed by atoms with Crippen LogP contribution in [0.3, 0.4) is 0 Å². The number of ether oxygens (including phenoxy) is 2. The fraction of sp³-hybridized carbons (Fsp3) is 0. The lowest BCUT2D eigenvalue weighted by molar-refractivity contribution is 0.356. The van der Waals surface area contributed by atoms with E-state index in [-0.39, 0.29) is 0 Å². The molecule has 2 aromatic carbocycles. The van der Waals surface area contributed by atoms with Gasteiger partial charge in [0.1, 0.15) is 10.0 Å². The van der Waals surface area contributed by atoms with Crippen LogP contribution in [0.4, 0.5) is 0 Å². The normalized spacial score (nSPS) is 12.3. The van der Waals surface area contributed by atoms with E-state index in [1.54, 1.807) is 12.1 Å². The number of hydrogen-bond donors (Lipinski definition) is 0. The fourth-order valence-electron chi connectivity index (χ4n) is 1.69. The molecular weight excluding hydrogens is 567 g/mol. The molecule has 0 amide bonds. The number of halogens is 6. The Morgan fingerprint density at radius 3 is 1.35 bits per heavy atom. The van der Waals surface area contributed by atoms with Crippen molar-refractivity contribution in [2.75, 3.05) is 0 Å². The molecule has 0 saturated heterocycles. The quantitative estimate of drug-likeness (QED) is 0.256. The number of rotatable bonds is 0. The van der Waals surface area contributed by atoms with Crippen molar-refractivity contribution < 1.29 is 9.47 Å². The van der Waals surface area contributed by atoms with Gasteiger partial charge < -0.3 is 9.47 Å². The van der Waals surface area contributed by atoms with Crippen LogP contribution in [0.2, 0.25) is 10.0 Å². The summed E-state index contributed by atoms with van der Waals surface area (Å²) in [6.07, 6.45) is 0. The average Bonchev–Trinajstić information content (AvgIpc) is 2.41. The van der Waals surface area contributed by atoms with Gasteiger partial charge in [-0.15, -0.1) is 0 Å². The van der Waals surface area contributed by atoms with Crippen molar-refractivity contribution >= 4 is 86.9 Å². The Kier molecular flexibility index (Phi) is 4.35. The molecule has 0 N–H and O–H groups in total. The third kappa shape index (κ3) is 2.42. The van der Waals surface area contributed by atoms with Crippen molar-refractivity contribution in [2.45, 2.75) is 0 Å². The first kappa shape index (κ1) is 15.4. The van der Waals surface area contributed by atoms with Crippen LogP contribution in [0.25, 0.3) is 0 Å². The molecule has 8 heteroatoms. The molecule has 20 heavy (non-hydrogen) atoms. The molecule has 3 rings (SSSR count). The second-order valence-electron chi connectivity index (χ2n) is 3.83. The first-order valence-corrected chi connectivity index (χ1v) is 9.03. The van der Waals surface area contributed by atoms with Gasteiger partial charge in [-0.1, -0.05) is 23.2 Å². The predicted molar refractivity (Wildman–Crippen MR) is 93.9 cm³/mol. The Morgan fingerprint density at radius 1 is 0.600 bits per heavy atom.